The lowest BCUT2D eigenvalue weighted by Gasteiger charge is -2.61. The molecular weight excluding hydrogens is 414 g/mol. The van der Waals surface area contributed by atoms with Crippen molar-refractivity contribution in [2.45, 2.75) is 64.3 Å². The second-order valence-electron chi connectivity index (χ2n) is 10.3. The second-order valence-corrected chi connectivity index (χ2v) is 10.6. The first-order valence-electron chi connectivity index (χ1n) is 11.0. The minimum Gasteiger partial charge on any atom is -0.481 e. The maximum absolute atomic E-state index is 13.4. The molecule has 0 aliphatic heterocycles. The summed E-state index contributed by atoms with van der Waals surface area (Å²) >= 11 is 6.55. The molecule has 0 saturated heterocycles. The molecule has 0 spiro atoms. The van der Waals surface area contributed by atoms with E-state index < -0.39 is 11.5 Å². The molecule has 4 bridgehead atoms. The van der Waals surface area contributed by atoms with Crippen LogP contribution in [-0.4, -0.2) is 20.9 Å². The van der Waals surface area contributed by atoms with Gasteiger partial charge in [0.25, 0.3) is 5.56 Å². The molecule has 2 aromatic rings. The number of carboxylic acids is 1. The number of anilines is 2. The van der Waals surface area contributed by atoms with Crippen LogP contribution in [0.5, 0.6) is 0 Å². The van der Waals surface area contributed by atoms with Crippen LogP contribution in [0.3, 0.4) is 0 Å². The van der Waals surface area contributed by atoms with Crippen LogP contribution in [0.4, 0.5) is 11.4 Å². The average molecular weight is 442 g/mol. The first-order chi connectivity index (χ1) is 14.7. The third-order valence-electron chi connectivity index (χ3n) is 7.83. The van der Waals surface area contributed by atoms with Gasteiger partial charge in [-0.1, -0.05) is 17.7 Å². The predicted octanol–water partition coefficient (Wildman–Crippen LogP) is 5.03. The molecule has 2 N–H and O–H groups in total. The maximum Gasteiger partial charge on any atom is 0.303 e. The highest BCUT2D eigenvalue weighted by atomic mass is 35.5. The van der Waals surface area contributed by atoms with Crippen LogP contribution < -0.4 is 10.9 Å². The first kappa shape index (κ1) is 20.6. The standard InChI is InChI=1S/C24H28ClN3O3/c1-14-3-4-18(5-15(14)2)27-19-12-26-28(22(31)21(19)25)24-9-16-6-17(10-24)8-23(7-16,13-24)11-20(29)30/h3-5,12,16-17,27H,6-11,13H2,1-2H3,(H,29,30). The highest BCUT2D eigenvalue weighted by molar-refractivity contribution is 6.33. The SMILES string of the molecule is Cc1ccc(Nc2cnn(C34CC5CC(CC(CC(=O)O)(C5)C3)C4)c(=O)c2Cl)cc1C. The number of nitrogens with zero attached hydrogens (tertiary/aromatic N) is 2. The number of aromatic nitrogens is 2. The van der Waals surface area contributed by atoms with Crippen molar-refractivity contribution >= 4 is 28.9 Å². The number of hydrogen-bond acceptors (Lipinski definition) is 4. The number of halogens is 1. The summed E-state index contributed by atoms with van der Waals surface area (Å²) in [5.41, 5.74) is 2.78. The Morgan fingerprint density at radius 1 is 1.23 bits per heavy atom. The molecule has 0 radical (unpaired) electrons. The van der Waals surface area contributed by atoms with Crippen LogP contribution in [-0.2, 0) is 10.3 Å². The van der Waals surface area contributed by atoms with Gasteiger partial charge in [-0.3, -0.25) is 9.59 Å². The van der Waals surface area contributed by atoms with Crippen LogP contribution in [0.25, 0.3) is 0 Å². The minimum absolute atomic E-state index is 0.135. The molecule has 1 aromatic heterocycles. The zero-order valence-electron chi connectivity index (χ0n) is 17.9. The molecule has 4 fully saturated rings. The Hall–Kier alpha value is -2.34. The highest BCUT2D eigenvalue weighted by Gasteiger charge is 2.59. The predicted molar refractivity (Wildman–Crippen MR) is 120 cm³/mol. The van der Waals surface area contributed by atoms with Crippen LogP contribution >= 0.6 is 11.6 Å². The summed E-state index contributed by atoms with van der Waals surface area (Å²) in [7, 11) is 0. The van der Waals surface area contributed by atoms with Crippen molar-refractivity contribution in [3.05, 3.63) is 50.9 Å². The number of carbonyl (C=O) groups is 1. The summed E-state index contributed by atoms with van der Waals surface area (Å²) in [5, 5.41) is 17.5. The Morgan fingerprint density at radius 3 is 2.58 bits per heavy atom. The van der Waals surface area contributed by atoms with E-state index in [2.05, 4.69) is 17.3 Å². The van der Waals surface area contributed by atoms with Gasteiger partial charge in [0, 0.05) is 5.69 Å². The van der Waals surface area contributed by atoms with E-state index in [1.54, 1.807) is 10.9 Å². The number of hydrogen-bond donors (Lipinski definition) is 2. The third kappa shape index (κ3) is 3.45. The Balaban J connectivity index is 1.49. The lowest BCUT2D eigenvalue weighted by Crippen LogP contribution is -2.59. The van der Waals surface area contributed by atoms with Crippen molar-refractivity contribution in [3.63, 3.8) is 0 Å². The molecule has 31 heavy (non-hydrogen) atoms. The van der Waals surface area contributed by atoms with E-state index in [-0.39, 0.29) is 22.4 Å². The summed E-state index contributed by atoms with van der Waals surface area (Å²) < 4.78 is 1.59. The van der Waals surface area contributed by atoms with Gasteiger partial charge in [-0.15, -0.1) is 0 Å². The monoisotopic (exact) mass is 441 g/mol. The Kier molecular flexibility index (Phi) is 4.70. The molecule has 1 aromatic carbocycles. The normalized spacial score (nSPS) is 31.1. The maximum atomic E-state index is 13.4. The van der Waals surface area contributed by atoms with Crippen LogP contribution in [0.2, 0.25) is 5.02 Å². The minimum atomic E-state index is -0.747. The third-order valence-corrected chi connectivity index (χ3v) is 8.20. The fourth-order valence-electron chi connectivity index (χ4n) is 7.01. The molecule has 4 aliphatic carbocycles. The van der Waals surface area contributed by atoms with E-state index in [9.17, 15) is 14.7 Å². The van der Waals surface area contributed by atoms with Crippen LogP contribution in [0.15, 0.2) is 29.2 Å². The van der Waals surface area contributed by atoms with Gasteiger partial charge in [0.15, 0.2) is 0 Å². The molecule has 6 rings (SSSR count). The van der Waals surface area contributed by atoms with Gasteiger partial charge in [0.1, 0.15) is 5.02 Å². The van der Waals surface area contributed by atoms with Crippen molar-refractivity contribution in [1.29, 1.82) is 0 Å². The lowest BCUT2D eigenvalue weighted by atomic mass is 9.46. The van der Waals surface area contributed by atoms with Gasteiger partial charge < -0.3 is 10.4 Å². The number of carboxylic acid groups (broad SMARTS) is 1. The molecule has 164 valence electrons. The summed E-state index contributed by atoms with van der Waals surface area (Å²) in [5.74, 6) is 0.172. The van der Waals surface area contributed by atoms with Crippen molar-refractivity contribution < 1.29 is 9.90 Å². The Labute approximate surface area is 186 Å². The van der Waals surface area contributed by atoms with Crippen molar-refractivity contribution in [2.75, 3.05) is 5.32 Å². The molecule has 4 aliphatic rings. The first-order valence-corrected chi connectivity index (χ1v) is 11.4. The smallest absolute Gasteiger partial charge is 0.303 e. The number of aliphatic carboxylic acids is 1. The second kappa shape index (κ2) is 7.09. The van der Waals surface area contributed by atoms with E-state index in [4.69, 9.17) is 11.6 Å². The lowest BCUT2D eigenvalue weighted by molar-refractivity contribution is -0.151. The Morgan fingerprint density at radius 2 is 1.94 bits per heavy atom. The highest BCUT2D eigenvalue weighted by Crippen LogP contribution is 2.65. The zero-order valence-corrected chi connectivity index (χ0v) is 18.7. The molecule has 0 amide bonds. The zero-order chi connectivity index (χ0) is 22.0. The average Bonchev–Trinajstić information content (AvgIpc) is 2.66. The molecule has 6 nitrogen and oxygen atoms in total. The fourth-order valence-corrected chi connectivity index (χ4v) is 7.19. The Bertz CT molecular complexity index is 1110. The number of benzene rings is 1. The van der Waals surface area contributed by atoms with E-state index >= 15 is 0 Å². The van der Waals surface area contributed by atoms with E-state index in [0.717, 1.165) is 43.4 Å². The largest absolute Gasteiger partial charge is 0.481 e. The quantitative estimate of drug-likeness (QED) is 0.679. The van der Waals surface area contributed by atoms with Crippen molar-refractivity contribution in [1.82, 2.24) is 9.78 Å². The van der Waals surface area contributed by atoms with E-state index in [0.29, 0.717) is 23.9 Å². The summed E-state index contributed by atoms with van der Waals surface area (Å²) in [6, 6.07) is 6.00. The van der Waals surface area contributed by atoms with Gasteiger partial charge >= 0.3 is 5.97 Å². The summed E-state index contributed by atoms with van der Waals surface area (Å²) in [6.45, 7) is 4.09. The topological polar surface area (TPSA) is 84.2 Å². The van der Waals surface area contributed by atoms with Crippen molar-refractivity contribution in [3.8, 4) is 0 Å². The van der Waals surface area contributed by atoms with E-state index in [1.165, 1.54) is 5.56 Å². The summed E-state index contributed by atoms with van der Waals surface area (Å²) in [4.78, 5) is 25.0. The van der Waals surface area contributed by atoms with Crippen LogP contribution in [0, 0.1) is 31.1 Å². The van der Waals surface area contributed by atoms with Crippen molar-refractivity contribution in [2.24, 2.45) is 17.3 Å². The van der Waals surface area contributed by atoms with Crippen LogP contribution in [0.1, 0.15) is 56.1 Å². The van der Waals surface area contributed by atoms with Gasteiger partial charge in [0.2, 0.25) is 0 Å². The number of nitrogens with one attached hydrogen (secondary N) is 1. The van der Waals surface area contributed by atoms with Gasteiger partial charge in [-0.05, 0) is 92.9 Å². The molecule has 4 saturated carbocycles. The van der Waals surface area contributed by atoms with Gasteiger partial charge in [0.05, 0.1) is 23.8 Å². The molecular formula is C24H28ClN3O3. The number of rotatable bonds is 5. The molecule has 1 heterocycles. The van der Waals surface area contributed by atoms with Gasteiger partial charge in [-0.2, -0.15) is 5.10 Å². The molecule has 2 unspecified atom stereocenters. The summed E-state index contributed by atoms with van der Waals surface area (Å²) in [6.07, 6.45) is 7.33. The molecule has 2 atom stereocenters. The fraction of sp³-hybridized carbons (Fsp3) is 0.542. The number of aryl methyl sites for hydroxylation is 2. The van der Waals surface area contributed by atoms with E-state index in [1.807, 2.05) is 25.1 Å². The van der Waals surface area contributed by atoms with Gasteiger partial charge in [-0.25, -0.2) is 4.68 Å². The molecule has 7 heteroatoms.